The van der Waals surface area contributed by atoms with E-state index in [-0.39, 0.29) is 6.54 Å². The van der Waals surface area contributed by atoms with Crippen molar-refractivity contribution in [3.05, 3.63) is 36.3 Å². The summed E-state index contributed by atoms with van der Waals surface area (Å²) < 4.78 is 28.7. The molecule has 7 nitrogen and oxygen atoms in total. The largest absolute Gasteiger partial charge is 0.279 e. The van der Waals surface area contributed by atoms with Gasteiger partial charge in [0.25, 0.3) is 10.2 Å². The third kappa shape index (κ3) is 3.21. The number of aryl methyl sites for hydroxylation is 1. The van der Waals surface area contributed by atoms with Crippen molar-refractivity contribution in [3.63, 3.8) is 0 Å². The molecule has 0 saturated carbocycles. The smallest absolute Gasteiger partial charge is 0.268 e. The lowest BCUT2D eigenvalue weighted by Crippen LogP contribution is -2.35. The van der Waals surface area contributed by atoms with E-state index in [1.165, 1.54) is 14.1 Å². The number of nitrogens with one attached hydrogen (secondary N) is 1. The molecule has 0 aliphatic rings. The number of hydrogen-bond acceptors (Lipinski definition) is 4. The Morgan fingerprint density at radius 1 is 1.35 bits per heavy atom. The lowest BCUT2D eigenvalue weighted by molar-refractivity contribution is 0.505. The van der Waals surface area contributed by atoms with E-state index in [9.17, 15) is 8.42 Å². The predicted molar refractivity (Wildman–Crippen MR) is 75.9 cm³/mol. The van der Waals surface area contributed by atoms with Crippen molar-refractivity contribution in [2.45, 2.75) is 6.54 Å². The normalized spacial score (nSPS) is 12.0. The molecule has 1 N–H and O–H groups in total. The second-order valence-electron chi connectivity index (χ2n) is 4.53. The summed E-state index contributed by atoms with van der Waals surface area (Å²) in [6.07, 6.45) is 5.07. The van der Waals surface area contributed by atoms with E-state index in [0.29, 0.717) is 0 Å². The van der Waals surface area contributed by atoms with Crippen LogP contribution in [0.2, 0.25) is 0 Å². The van der Waals surface area contributed by atoms with Gasteiger partial charge in [-0.1, -0.05) is 0 Å². The first-order valence-electron chi connectivity index (χ1n) is 5.99. The molecule has 2 aromatic heterocycles. The van der Waals surface area contributed by atoms with Crippen LogP contribution in [0.25, 0.3) is 11.3 Å². The molecule has 8 heteroatoms. The van der Waals surface area contributed by atoms with Crippen molar-refractivity contribution in [3.8, 4) is 11.3 Å². The van der Waals surface area contributed by atoms with E-state index in [2.05, 4.69) is 14.8 Å². The van der Waals surface area contributed by atoms with Crippen molar-refractivity contribution >= 4 is 10.2 Å². The minimum Gasteiger partial charge on any atom is -0.268 e. The van der Waals surface area contributed by atoms with Crippen LogP contribution >= 0.6 is 0 Å². The van der Waals surface area contributed by atoms with Crippen molar-refractivity contribution in [2.24, 2.45) is 7.05 Å². The summed E-state index contributed by atoms with van der Waals surface area (Å²) in [4.78, 5) is 4.14. The molecule has 0 spiro atoms. The van der Waals surface area contributed by atoms with Crippen molar-refractivity contribution < 1.29 is 8.42 Å². The molecule has 20 heavy (non-hydrogen) atoms. The zero-order valence-corrected chi connectivity index (χ0v) is 12.4. The first-order valence-corrected chi connectivity index (χ1v) is 7.43. The Kier molecular flexibility index (Phi) is 4.17. The van der Waals surface area contributed by atoms with Crippen LogP contribution < -0.4 is 4.72 Å². The molecule has 0 fully saturated rings. The van der Waals surface area contributed by atoms with E-state index in [1.54, 1.807) is 23.3 Å². The van der Waals surface area contributed by atoms with Crippen LogP contribution in [0.4, 0.5) is 0 Å². The van der Waals surface area contributed by atoms with Gasteiger partial charge in [-0.15, -0.1) is 0 Å². The van der Waals surface area contributed by atoms with Crippen LogP contribution in [-0.4, -0.2) is 41.6 Å². The fraction of sp³-hybridized carbons (Fsp3) is 0.333. The maximum atomic E-state index is 11.7. The summed E-state index contributed by atoms with van der Waals surface area (Å²) in [7, 11) is 1.37. The van der Waals surface area contributed by atoms with Crippen molar-refractivity contribution in [1.29, 1.82) is 0 Å². The second-order valence-corrected chi connectivity index (χ2v) is 6.50. The van der Waals surface area contributed by atoms with Gasteiger partial charge in [0.2, 0.25) is 0 Å². The Balaban J connectivity index is 2.18. The topological polar surface area (TPSA) is 80.1 Å². The number of pyridine rings is 1. The van der Waals surface area contributed by atoms with Crippen LogP contribution in [0.5, 0.6) is 0 Å². The molecule has 0 atom stereocenters. The first-order chi connectivity index (χ1) is 9.40. The summed E-state index contributed by atoms with van der Waals surface area (Å²) in [6.45, 7) is 0.194. The van der Waals surface area contributed by atoms with E-state index in [0.717, 1.165) is 21.1 Å². The third-order valence-electron chi connectivity index (χ3n) is 2.85. The predicted octanol–water partition coefficient (Wildman–Crippen LogP) is 0.378. The Morgan fingerprint density at radius 3 is 2.70 bits per heavy atom. The molecule has 0 radical (unpaired) electrons. The zero-order chi connectivity index (χ0) is 14.8. The maximum Gasteiger partial charge on any atom is 0.279 e. The average Bonchev–Trinajstić information content (AvgIpc) is 2.83. The minimum absolute atomic E-state index is 0.194. The first kappa shape index (κ1) is 14.6. The molecule has 0 aromatic carbocycles. The third-order valence-corrected chi connectivity index (χ3v) is 4.32. The van der Waals surface area contributed by atoms with Crippen LogP contribution in [0.1, 0.15) is 5.56 Å². The second kappa shape index (κ2) is 5.70. The summed E-state index contributed by atoms with van der Waals surface area (Å²) in [6, 6.07) is 3.77. The number of nitrogens with zero attached hydrogens (tertiary/aromatic N) is 4. The summed E-state index contributed by atoms with van der Waals surface area (Å²) in [5, 5.41) is 4.10. The van der Waals surface area contributed by atoms with Gasteiger partial charge in [-0.05, 0) is 17.7 Å². The molecule has 0 unspecified atom stereocenters. The molecule has 0 saturated heterocycles. The van der Waals surface area contributed by atoms with Gasteiger partial charge in [-0.3, -0.25) is 9.67 Å². The minimum atomic E-state index is -3.43. The quantitative estimate of drug-likeness (QED) is 0.864. The van der Waals surface area contributed by atoms with Gasteiger partial charge in [0.05, 0.1) is 5.69 Å². The fourth-order valence-electron chi connectivity index (χ4n) is 1.69. The highest BCUT2D eigenvalue weighted by Crippen LogP contribution is 2.18. The zero-order valence-electron chi connectivity index (χ0n) is 11.6. The fourth-order valence-corrected chi connectivity index (χ4v) is 2.29. The van der Waals surface area contributed by atoms with E-state index in [4.69, 9.17) is 0 Å². The Labute approximate surface area is 118 Å². The van der Waals surface area contributed by atoms with E-state index >= 15 is 0 Å². The average molecular weight is 295 g/mol. The lowest BCUT2D eigenvalue weighted by Gasteiger charge is -2.12. The number of hydrogen-bond donors (Lipinski definition) is 1. The van der Waals surface area contributed by atoms with Gasteiger partial charge in [-0.2, -0.15) is 22.5 Å². The van der Waals surface area contributed by atoms with Crippen LogP contribution in [-0.2, 0) is 23.8 Å². The molecule has 0 aliphatic heterocycles. The highest BCUT2D eigenvalue weighted by Gasteiger charge is 2.12. The van der Waals surface area contributed by atoms with Gasteiger partial charge >= 0.3 is 0 Å². The summed E-state index contributed by atoms with van der Waals surface area (Å²) in [5.74, 6) is 0. The maximum absolute atomic E-state index is 11.7. The van der Waals surface area contributed by atoms with Crippen LogP contribution in [0, 0.1) is 0 Å². The Hall–Kier alpha value is -1.77. The highest BCUT2D eigenvalue weighted by molar-refractivity contribution is 7.87. The number of rotatable bonds is 5. The van der Waals surface area contributed by atoms with Gasteiger partial charge in [0.15, 0.2) is 0 Å². The molecular formula is C12H17N5O2S. The van der Waals surface area contributed by atoms with Gasteiger partial charge in [-0.25, -0.2) is 0 Å². The molecule has 0 bridgehead atoms. The molecule has 2 heterocycles. The van der Waals surface area contributed by atoms with Gasteiger partial charge in [0.1, 0.15) is 0 Å². The Morgan fingerprint density at radius 2 is 2.10 bits per heavy atom. The van der Waals surface area contributed by atoms with E-state index < -0.39 is 10.2 Å². The monoisotopic (exact) mass is 295 g/mol. The molecule has 0 amide bonds. The molecule has 0 aliphatic carbocycles. The molecule has 108 valence electrons. The molecular weight excluding hydrogens is 278 g/mol. The Bertz CT molecular complexity index is 693. The van der Waals surface area contributed by atoms with Crippen molar-refractivity contribution in [2.75, 3.05) is 14.1 Å². The van der Waals surface area contributed by atoms with Crippen molar-refractivity contribution in [1.82, 2.24) is 23.8 Å². The number of aromatic nitrogens is 3. The molecule has 2 rings (SSSR count). The standard InChI is InChI=1S/C12H17N5O2S/c1-16(2)20(18,19)15-8-10-6-11(9-13-7-10)12-4-5-14-17(12)3/h4-7,9,15H,8H2,1-3H3. The highest BCUT2D eigenvalue weighted by atomic mass is 32.2. The lowest BCUT2D eigenvalue weighted by atomic mass is 10.1. The molecule has 2 aromatic rings. The van der Waals surface area contributed by atoms with E-state index in [1.807, 2.05) is 19.2 Å². The van der Waals surface area contributed by atoms with Crippen LogP contribution in [0.3, 0.4) is 0 Å². The van der Waals surface area contributed by atoms with Gasteiger partial charge < -0.3 is 0 Å². The SMILES string of the molecule is CN(C)S(=O)(=O)NCc1cncc(-c2ccnn2C)c1. The summed E-state index contributed by atoms with van der Waals surface area (Å²) >= 11 is 0. The van der Waals surface area contributed by atoms with Crippen LogP contribution in [0.15, 0.2) is 30.7 Å². The van der Waals surface area contributed by atoms with Gasteiger partial charge in [0, 0.05) is 51.8 Å². The summed E-state index contributed by atoms with van der Waals surface area (Å²) in [5.41, 5.74) is 2.61.